The molecule has 2 aromatic heterocycles. The van der Waals surface area contributed by atoms with Crippen LogP contribution in [0.3, 0.4) is 0 Å². The largest absolute Gasteiger partial charge is 0.497 e. The van der Waals surface area contributed by atoms with Gasteiger partial charge in [0.25, 0.3) is 0 Å². The van der Waals surface area contributed by atoms with E-state index in [-0.39, 0.29) is 16.8 Å². The van der Waals surface area contributed by atoms with Gasteiger partial charge in [0.1, 0.15) is 11.6 Å². The number of pyridine rings is 1. The number of aromatic carboxylic acids is 2. The molecule has 3 rings (SSSR count). The van der Waals surface area contributed by atoms with Crippen LogP contribution in [0.1, 0.15) is 20.8 Å². The van der Waals surface area contributed by atoms with Crippen molar-refractivity contribution in [2.75, 3.05) is 7.11 Å². The van der Waals surface area contributed by atoms with Gasteiger partial charge in [-0.2, -0.15) is 0 Å². The van der Waals surface area contributed by atoms with Crippen LogP contribution in [0.4, 0.5) is 0 Å². The van der Waals surface area contributed by atoms with E-state index in [0.717, 1.165) is 0 Å². The van der Waals surface area contributed by atoms with E-state index < -0.39 is 11.9 Å². The van der Waals surface area contributed by atoms with Crippen molar-refractivity contribution in [3.05, 3.63) is 53.9 Å². The molecule has 0 aliphatic rings. The fraction of sp³-hybridized carbons (Fsp3) is 0.0625. The minimum absolute atomic E-state index is 0.0540. The van der Waals surface area contributed by atoms with Crippen LogP contribution in [-0.2, 0) is 0 Å². The van der Waals surface area contributed by atoms with Crippen LogP contribution in [-0.4, -0.2) is 38.6 Å². The number of carbonyl (C=O) groups is 2. The number of ether oxygens (including phenoxy) is 1. The van der Waals surface area contributed by atoms with Crippen molar-refractivity contribution >= 4 is 17.5 Å². The average molecular weight is 312 g/mol. The Morgan fingerprint density at radius 2 is 1.78 bits per heavy atom. The summed E-state index contributed by atoms with van der Waals surface area (Å²) in [7, 11) is 1.54. The number of hydrogen-bond acceptors (Lipinski definition) is 4. The zero-order chi connectivity index (χ0) is 16.6. The number of benzene rings is 1. The Labute approximate surface area is 130 Å². The van der Waals surface area contributed by atoms with Crippen molar-refractivity contribution in [2.45, 2.75) is 0 Å². The number of rotatable bonds is 4. The van der Waals surface area contributed by atoms with E-state index >= 15 is 0 Å². The predicted octanol–water partition coefficient (Wildman–Crippen LogP) is 2.41. The van der Waals surface area contributed by atoms with Gasteiger partial charge in [-0.3, -0.25) is 4.40 Å². The lowest BCUT2D eigenvalue weighted by molar-refractivity contribution is 0.0691. The third kappa shape index (κ3) is 2.38. The Morgan fingerprint density at radius 3 is 2.35 bits per heavy atom. The van der Waals surface area contributed by atoms with Gasteiger partial charge in [0, 0.05) is 11.8 Å². The maximum absolute atomic E-state index is 11.4. The smallest absolute Gasteiger partial charge is 0.356 e. The highest BCUT2D eigenvalue weighted by Gasteiger charge is 2.22. The van der Waals surface area contributed by atoms with Crippen molar-refractivity contribution in [2.24, 2.45) is 0 Å². The molecule has 0 atom stereocenters. The number of fused-ring (bicyclic) bond motifs is 1. The summed E-state index contributed by atoms with van der Waals surface area (Å²) in [4.78, 5) is 26.9. The highest BCUT2D eigenvalue weighted by Crippen LogP contribution is 2.26. The van der Waals surface area contributed by atoms with E-state index in [4.69, 9.17) is 4.74 Å². The number of methoxy groups -OCH3 is 1. The normalized spacial score (nSPS) is 10.7. The van der Waals surface area contributed by atoms with Gasteiger partial charge in [-0.05, 0) is 36.4 Å². The Hall–Kier alpha value is -3.35. The third-order valence-electron chi connectivity index (χ3n) is 3.45. The monoisotopic (exact) mass is 312 g/mol. The molecule has 23 heavy (non-hydrogen) atoms. The van der Waals surface area contributed by atoms with E-state index in [1.54, 1.807) is 37.6 Å². The third-order valence-corrected chi connectivity index (χ3v) is 3.45. The van der Waals surface area contributed by atoms with E-state index in [9.17, 15) is 19.8 Å². The molecule has 0 radical (unpaired) electrons. The lowest BCUT2D eigenvalue weighted by Crippen LogP contribution is -2.04. The van der Waals surface area contributed by atoms with Gasteiger partial charge in [0.05, 0.1) is 18.2 Å². The standard InChI is InChI=1S/C16H12N2O5/c1-23-10-6-4-9(5-7-10)14-17-12(16(21)22)13-11(15(19)20)3-2-8-18(13)14/h2-8H,1H3,(H,19,20)(H,21,22). The van der Waals surface area contributed by atoms with Gasteiger partial charge < -0.3 is 14.9 Å². The van der Waals surface area contributed by atoms with Crippen LogP contribution >= 0.6 is 0 Å². The predicted molar refractivity (Wildman–Crippen MR) is 81.1 cm³/mol. The number of carboxylic acid groups (broad SMARTS) is 2. The van der Waals surface area contributed by atoms with E-state index in [2.05, 4.69) is 4.98 Å². The van der Waals surface area contributed by atoms with Gasteiger partial charge >= 0.3 is 11.9 Å². The number of carboxylic acids is 2. The van der Waals surface area contributed by atoms with Crippen LogP contribution in [0.15, 0.2) is 42.6 Å². The van der Waals surface area contributed by atoms with Crippen LogP contribution in [0, 0.1) is 0 Å². The first-order chi connectivity index (χ1) is 11.0. The van der Waals surface area contributed by atoms with Gasteiger partial charge in [0.2, 0.25) is 0 Å². The Morgan fingerprint density at radius 1 is 1.09 bits per heavy atom. The molecule has 0 fully saturated rings. The average Bonchev–Trinajstić information content (AvgIpc) is 2.94. The number of aromatic nitrogens is 2. The molecule has 0 aliphatic carbocycles. The van der Waals surface area contributed by atoms with Crippen molar-refractivity contribution in [3.63, 3.8) is 0 Å². The molecule has 0 bridgehead atoms. The molecular weight excluding hydrogens is 300 g/mol. The second-order valence-corrected chi connectivity index (χ2v) is 4.76. The first-order valence-electron chi connectivity index (χ1n) is 6.65. The molecule has 2 heterocycles. The molecule has 7 heteroatoms. The molecule has 1 aromatic carbocycles. The van der Waals surface area contributed by atoms with Gasteiger partial charge in [-0.15, -0.1) is 0 Å². The van der Waals surface area contributed by atoms with Crippen molar-refractivity contribution in [1.82, 2.24) is 9.38 Å². The molecule has 2 N–H and O–H groups in total. The lowest BCUT2D eigenvalue weighted by Gasteiger charge is -2.04. The Balaban J connectivity index is 2.31. The lowest BCUT2D eigenvalue weighted by atomic mass is 10.2. The zero-order valence-electron chi connectivity index (χ0n) is 12.1. The molecule has 0 amide bonds. The minimum atomic E-state index is -1.28. The quantitative estimate of drug-likeness (QED) is 0.767. The van der Waals surface area contributed by atoms with E-state index in [1.165, 1.54) is 16.5 Å². The minimum Gasteiger partial charge on any atom is -0.497 e. The number of imidazole rings is 1. The summed E-state index contributed by atoms with van der Waals surface area (Å²) in [5.74, 6) is -1.49. The molecule has 116 valence electrons. The van der Waals surface area contributed by atoms with E-state index in [0.29, 0.717) is 17.1 Å². The number of nitrogens with zero attached hydrogens (tertiary/aromatic N) is 2. The van der Waals surface area contributed by atoms with Crippen LogP contribution < -0.4 is 4.74 Å². The van der Waals surface area contributed by atoms with Gasteiger partial charge in [0.15, 0.2) is 5.69 Å². The van der Waals surface area contributed by atoms with Crippen molar-refractivity contribution in [1.29, 1.82) is 0 Å². The maximum atomic E-state index is 11.4. The van der Waals surface area contributed by atoms with Crippen molar-refractivity contribution < 1.29 is 24.5 Å². The SMILES string of the molecule is COc1ccc(-c2nc(C(=O)O)c3c(C(=O)O)cccn23)cc1. The van der Waals surface area contributed by atoms with E-state index in [1.807, 2.05) is 0 Å². The fourth-order valence-electron chi connectivity index (χ4n) is 2.40. The maximum Gasteiger partial charge on any atom is 0.356 e. The summed E-state index contributed by atoms with van der Waals surface area (Å²) in [5.41, 5.74) is 0.292. The molecule has 3 aromatic rings. The first kappa shape index (κ1) is 14.6. The highest BCUT2D eigenvalue weighted by molar-refractivity contribution is 6.04. The summed E-state index contributed by atoms with van der Waals surface area (Å²) in [6, 6.07) is 9.79. The summed E-state index contributed by atoms with van der Waals surface area (Å²) in [5, 5.41) is 18.6. The van der Waals surface area contributed by atoms with Crippen LogP contribution in [0.25, 0.3) is 16.9 Å². The summed E-state index contributed by atoms with van der Waals surface area (Å²) in [6.45, 7) is 0. The number of hydrogen-bond donors (Lipinski definition) is 2. The Bertz CT molecular complexity index is 912. The van der Waals surface area contributed by atoms with Crippen molar-refractivity contribution in [3.8, 4) is 17.1 Å². The zero-order valence-corrected chi connectivity index (χ0v) is 12.1. The second-order valence-electron chi connectivity index (χ2n) is 4.76. The van der Waals surface area contributed by atoms with Crippen LogP contribution in [0.5, 0.6) is 5.75 Å². The van der Waals surface area contributed by atoms with Crippen LogP contribution in [0.2, 0.25) is 0 Å². The molecule has 0 unspecified atom stereocenters. The fourth-order valence-corrected chi connectivity index (χ4v) is 2.40. The van der Waals surface area contributed by atoms with Gasteiger partial charge in [-0.25, -0.2) is 14.6 Å². The summed E-state index contributed by atoms with van der Waals surface area (Å²) in [6.07, 6.45) is 1.58. The second kappa shape index (κ2) is 5.45. The highest BCUT2D eigenvalue weighted by atomic mass is 16.5. The summed E-state index contributed by atoms with van der Waals surface area (Å²) >= 11 is 0. The molecule has 0 aliphatic heterocycles. The molecule has 0 saturated carbocycles. The molecule has 7 nitrogen and oxygen atoms in total. The summed E-state index contributed by atoms with van der Waals surface area (Å²) < 4.78 is 6.55. The molecular formula is C16H12N2O5. The molecule has 0 spiro atoms. The first-order valence-corrected chi connectivity index (χ1v) is 6.65. The Kier molecular flexibility index (Phi) is 3.46. The topological polar surface area (TPSA) is 101 Å². The van der Waals surface area contributed by atoms with Gasteiger partial charge in [-0.1, -0.05) is 0 Å². The molecule has 0 saturated heterocycles.